The number of carbonyl (C=O) groups excluding carboxylic acids is 3. The standard InChI is InChI=1S/C14H20N6O3/c15-9-12(21)20(7-6-18-19-14(17)23)11(13(16)22)8-10-4-2-1-3-5-10/h1-6,11H,7-9,15H2,(H2,16,22)(H3,17,19,23)/b18-6+/t11-/m0/s1. The quantitative estimate of drug-likeness (QED) is 0.340. The molecule has 1 aromatic carbocycles. The van der Waals surface area contributed by atoms with Gasteiger partial charge in [-0.3, -0.25) is 9.59 Å². The first-order valence-corrected chi connectivity index (χ1v) is 6.85. The number of urea groups is 1. The molecule has 4 amide bonds. The Morgan fingerprint density at radius 3 is 2.39 bits per heavy atom. The molecule has 0 saturated carbocycles. The van der Waals surface area contributed by atoms with Gasteiger partial charge in [-0.2, -0.15) is 5.10 Å². The van der Waals surface area contributed by atoms with Crippen molar-refractivity contribution < 1.29 is 14.4 Å². The monoisotopic (exact) mass is 320 g/mol. The van der Waals surface area contributed by atoms with Crippen LogP contribution in [0.4, 0.5) is 4.79 Å². The molecule has 0 fully saturated rings. The van der Waals surface area contributed by atoms with Gasteiger partial charge in [0.25, 0.3) is 0 Å². The summed E-state index contributed by atoms with van der Waals surface area (Å²) in [6.45, 7) is -0.327. The first kappa shape index (κ1) is 18.1. The van der Waals surface area contributed by atoms with Gasteiger partial charge in [0.1, 0.15) is 6.04 Å². The molecule has 0 aliphatic carbocycles. The topological polar surface area (TPSA) is 157 Å². The van der Waals surface area contributed by atoms with Crippen LogP contribution >= 0.6 is 0 Å². The summed E-state index contributed by atoms with van der Waals surface area (Å²) in [7, 11) is 0. The molecule has 23 heavy (non-hydrogen) atoms. The van der Waals surface area contributed by atoms with Gasteiger partial charge in [0.15, 0.2) is 0 Å². The Bertz CT molecular complexity index is 575. The summed E-state index contributed by atoms with van der Waals surface area (Å²) in [5.74, 6) is -1.12. The molecule has 0 aliphatic rings. The van der Waals surface area contributed by atoms with Crippen molar-refractivity contribution >= 4 is 24.1 Å². The van der Waals surface area contributed by atoms with Crippen LogP contribution in [0.25, 0.3) is 0 Å². The number of benzene rings is 1. The summed E-state index contributed by atoms with van der Waals surface area (Å²) in [4.78, 5) is 35.5. The molecule has 1 rings (SSSR count). The second kappa shape index (κ2) is 9.15. The Balaban J connectivity index is 2.90. The van der Waals surface area contributed by atoms with Crippen LogP contribution in [0.2, 0.25) is 0 Å². The van der Waals surface area contributed by atoms with Crippen molar-refractivity contribution in [3.63, 3.8) is 0 Å². The SMILES string of the molecule is NCC(=O)N(C/C=N/NC(N)=O)[C@@H](Cc1ccccc1)C(N)=O. The maximum absolute atomic E-state index is 12.0. The van der Waals surface area contributed by atoms with Crippen molar-refractivity contribution in [3.05, 3.63) is 35.9 Å². The number of primary amides is 2. The maximum Gasteiger partial charge on any atom is 0.332 e. The third-order valence-electron chi connectivity index (χ3n) is 3.02. The lowest BCUT2D eigenvalue weighted by molar-refractivity contribution is -0.137. The molecule has 0 heterocycles. The Kier molecular flexibility index (Phi) is 7.21. The number of hydrazone groups is 1. The minimum atomic E-state index is -0.881. The lowest BCUT2D eigenvalue weighted by atomic mass is 10.0. The van der Waals surface area contributed by atoms with E-state index in [0.717, 1.165) is 5.56 Å². The Morgan fingerprint density at radius 2 is 1.87 bits per heavy atom. The maximum atomic E-state index is 12.0. The molecule has 9 nitrogen and oxygen atoms in total. The summed E-state index contributed by atoms with van der Waals surface area (Å²) < 4.78 is 0. The molecule has 0 spiro atoms. The second-order valence-electron chi connectivity index (χ2n) is 4.65. The van der Waals surface area contributed by atoms with Crippen molar-refractivity contribution in [2.45, 2.75) is 12.5 Å². The molecule has 0 bridgehead atoms. The summed E-state index contributed by atoms with van der Waals surface area (Å²) in [6, 6.07) is 7.41. The highest BCUT2D eigenvalue weighted by Gasteiger charge is 2.27. The van der Waals surface area contributed by atoms with Crippen molar-refractivity contribution in [3.8, 4) is 0 Å². The van der Waals surface area contributed by atoms with E-state index in [9.17, 15) is 14.4 Å². The molecular weight excluding hydrogens is 300 g/mol. The summed E-state index contributed by atoms with van der Waals surface area (Å²) in [6.07, 6.45) is 1.48. The molecular formula is C14H20N6O3. The molecule has 1 atom stereocenters. The van der Waals surface area contributed by atoms with Crippen LogP contribution in [0.15, 0.2) is 35.4 Å². The minimum Gasteiger partial charge on any atom is -0.368 e. The van der Waals surface area contributed by atoms with Crippen molar-refractivity contribution in [2.75, 3.05) is 13.1 Å². The first-order valence-electron chi connectivity index (χ1n) is 6.85. The lowest BCUT2D eigenvalue weighted by Gasteiger charge is -2.28. The highest BCUT2D eigenvalue weighted by atomic mass is 16.2. The number of hydrogen-bond acceptors (Lipinski definition) is 5. The van der Waals surface area contributed by atoms with Gasteiger partial charge in [-0.25, -0.2) is 10.2 Å². The fourth-order valence-electron chi connectivity index (χ4n) is 1.96. The van der Waals surface area contributed by atoms with Crippen LogP contribution in [0, 0.1) is 0 Å². The fraction of sp³-hybridized carbons (Fsp3) is 0.286. The summed E-state index contributed by atoms with van der Waals surface area (Å²) in [5.41, 5.74) is 18.5. The van der Waals surface area contributed by atoms with Crippen LogP contribution in [-0.2, 0) is 16.0 Å². The average Bonchev–Trinajstić information content (AvgIpc) is 2.53. The van der Waals surface area contributed by atoms with E-state index in [0.29, 0.717) is 0 Å². The number of nitrogens with two attached hydrogens (primary N) is 3. The molecule has 0 aromatic heterocycles. The molecule has 9 heteroatoms. The molecule has 0 radical (unpaired) electrons. The first-order chi connectivity index (χ1) is 11.0. The number of nitrogens with one attached hydrogen (secondary N) is 1. The number of carbonyl (C=O) groups is 3. The fourth-order valence-corrected chi connectivity index (χ4v) is 1.96. The average molecular weight is 320 g/mol. The zero-order chi connectivity index (χ0) is 17.2. The van der Waals surface area contributed by atoms with Gasteiger partial charge in [-0.15, -0.1) is 0 Å². The van der Waals surface area contributed by atoms with Crippen molar-refractivity contribution in [1.82, 2.24) is 10.3 Å². The van der Waals surface area contributed by atoms with Crippen LogP contribution in [0.3, 0.4) is 0 Å². The normalized spacial score (nSPS) is 11.9. The van der Waals surface area contributed by atoms with Gasteiger partial charge in [-0.05, 0) is 5.56 Å². The van der Waals surface area contributed by atoms with Gasteiger partial charge in [-0.1, -0.05) is 30.3 Å². The van der Waals surface area contributed by atoms with E-state index in [1.165, 1.54) is 11.1 Å². The zero-order valence-electron chi connectivity index (χ0n) is 12.5. The van der Waals surface area contributed by atoms with E-state index in [1.54, 1.807) is 0 Å². The predicted octanol–water partition coefficient (Wildman–Crippen LogP) is -1.48. The molecule has 0 saturated heterocycles. The van der Waals surface area contributed by atoms with E-state index < -0.39 is 23.9 Å². The lowest BCUT2D eigenvalue weighted by Crippen LogP contribution is -2.51. The zero-order valence-corrected chi connectivity index (χ0v) is 12.5. The van der Waals surface area contributed by atoms with E-state index in [4.69, 9.17) is 17.2 Å². The number of nitrogens with zero attached hydrogens (tertiary/aromatic N) is 2. The predicted molar refractivity (Wildman–Crippen MR) is 85.1 cm³/mol. The minimum absolute atomic E-state index is 0.0449. The smallest absolute Gasteiger partial charge is 0.332 e. The number of amides is 4. The van der Waals surface area contributed by atoms with E-state index in [2.05, 4.69) is 5.10 Å². The van der Waals surface area contributed by atoms with Gasteiger partial charge in [0, 0.05) is 12.6 Å². The van der Waals surface area contributed by atoms with Crippen molar-refractivity contribution in [1.29, 1.82) is 0 Å². The largest absolute Gasteiger partial charge is 0.368 e. The van der Waals surface area contributed by atoms with Crippen LogP contribution < -0.4 is 22.6 Å². The van der Waals surface area contributed by atoms with Gasteiger partial charge in [0.05, 0.1) is 13.1 Å². The second-order valence-corrected chi connectivity index (χ2v) is 4.65. The van der Waals surface area contributed by atoms with Gasteiger partial charge in [0.2, 0.25) is 11.8 Å². The van der Waals surface area contributed by atoms with E-state index in [1.807, 2.05) is 35.8 Å². The molecule has 124 valence electrons. The highest BCUT2D eigenvalue weighted by molar-refractivity contribution is 5.89. The number of hydrogen-bond donors (Lipinski definition) is 4. The molecule has 0 unspecified atom stereocenters. The van der Waals surface area contributed by atoms with E-state index in [-0.39, 0.29) is 19.5 Å². The Morgan fingerprint density at radius 1 is 1.22 bits per heavy atom. The summed E-state index contributed by atoms with van der Waals surface area (Å²) >= 11 is 0. The molecule has 0 aliphatic heterocycles. The van der Waals surface area contributed by atoms with Gasteiger partial charge < -0.3 is 22.1 Å². The van der Waals surface area contributed by atoms with E-state index >= 15 is 0 Å². The Labute approximate surface area is 133 Å². The van der Waals surface area contributed by atoms with Crippen LogP contribution in [-0.4, -0.2) is 48.1 Å². The third-order valence-corrected chi connectivity index (χ3v) is 3.02. The number of rotatable bonds is 8. The van der Waals surface area contributed by atoms with Gasteiger partial charge >= 0.3 is 6.03 Å². The van der Waals surface area contributed by atoms with Crippen LogP contribution in [0.5, 0.6) is 0 Å². The molecule has 1 aromatic rings. The Hall–Kier alpha value is -2.94. The van der Waals surface area contributed by atoms with Crippen LogP contribution in [0.1, 0.15) is 5.56 Å². The summed E-state index contributed by atoms with van der Waals surface area (Å²) in [5, 5.41) is 3.54. The van der Waals surface area contributed by atoms with Crippen molar-refractivity contribution in [2.24, 2.45) is 22.3 Å². The highest BCUT2D eigenvalue weighted by Crippen LogP contribution is 2.09. The third kappa shape index (κ3) is 6.14. The molecule has 7 N–H and O–H groups in total.